The van der Waals surface area contributed by atoms with Crippen LogP contribution in [0, 0.1) is 5.82 Å². The van der Waals surface area contributed by atoms with Crippen LogP contribution in [0.5, 0.6) is 0 Å². The number of benzene rings is 2. The summed E-state index contributed by atoms with van der Waals surface area (Å²) in [5.74, 6) is -0.397. The number of halogens is 1. The number of hydrogen-bond acceptors (Lipinski definition) is 4. The molecule has 1 heterocycles. The summed E-state index contributed by atoms with van der Waals surface area (Å²) in [5.41, 5.74) is 8.50. The molecule has 4 nitrogen and oxygen atoms in total. The van der Waals surface area contributed by atoms with E-state index in [0.29, 0.717) is 11.7 Å². The normalized spacial score (nSPS) is 10.6. The van der Waals surface area contributed by atoms with Gasteiger partial charge in [-0.1, -0.05) is 47.7 Å². The molecule has 1 amide bonds. The molecular weight excluding hydrogens is 337 g/mol. The zero-order valence-electron chi connectivity index (χ0n) is 13.5. The maximum Gasteiger partial charge on any atom is 0.230 e. The Balaban J connectivity index is 1.60. The summed E-state index contributed by atoms with van der Waals surface area (Å²) in [6, 6.07) is 14.1. The number of carbonyl (C=O) groups excluding carboxylic acids is 1. The first-order valence-electron chi connectivity index (χ1n) is 7.93. The molecule has 25 heavy (non-hydrogen) atoms. The minimum Gasteiger partial charge on any atom is -0.330 e. The zero-order valence-corrected chi connectivity index (χ0v) is 14.4. The van der Waals surface area contributed by atoms with Gasteiger partial charge in [0.25, 0.3) is 0 Å². The van der Waals surface area contributed by atoms with Crippen LogP contribution in [0.25, 0.3) is 10.4 Å². The van der Waals surface area contributed by atoms with Crippen molar-refractivity contribution in [1.29, 1.82) is 0 Å². The van der Waals surface area contributed by atoms with Crippen molar-refractivity contribution in [3.8, 4) is 10.4 Å². The van der Waals surface area contributed by atoms with Gasteiger partial charge in [0.2, 0.25) is 5.91 Å². The Morgan fingerprint density at radius 1 is 1.08 bits per heavy atom. The molecule has 0 saturated carbocycles. The topological polar surface area (TPSA) is 68.0 Å². The van der Waals surface area contributed by atoms with E-state index in [1.165, 1.54) is 23.5 Å². The summed E-state index contributed by atoms with van der Waals surface area (Å²) in [7, 11) is 0. The smallest absolute Gasteiger partial charge is 0.230 e. The van der Waals surface area contributed by atoms with E-state index in [1.54, 1.807) is 18.3 Å². The molecule has 1 aromatic heterocycles. The monoisotopic (exact) mass is 355 g/mol. The van der Waals surface area contributed by atoms with Gasteiger partial charge in [-0.05, 0) is 41.8 Å². The van der Waals surface area contributed by atoms with Crippen molar-refractivity contribution in [3.05, 3.63) is 71.7 Å². The number of anilines is 1. The molecular formula is C19H18FN3OS. The fourth-order valence-electron chi connectivity index (χ4n) is 2.42. The third-order valence-corrected chi connectivity index (χ3v) is 4.66. The van der Waals surface area contributed by atoms with Crippen LogP contribution >= 0.6 is 11.3 Å². The minimum absolute atomic E-state index is 0.119. The Hall–Kier alpha value is -2.57. The molecule has 0 aliphatic rings. The van der Waals surface area contributed by atoms with E-state index in [0.717, 1.165) is 28.0 Å². The highest BCUT2D eigenvalue weighted by molar-refractivity contribution is 7.19. The van der Waals surface area contributed by atoms with Crippen LogP contribution in [0.2, 0.25) is 0 Å². The van der Waals surface area contributed by atoms with Crippen LogP contribution in [-0.2, 0) is 17.6 Å². The molecule has 0 unspecified atom stereocenters. The Morgan fingerprint density at radius 3 is 2.44 bits per heavy atom. The summed E-state index contributed by atoms with van der Waals surface area (Å²) in [5, 5.41) is 3.34. The van der Waals surface area contributed by atoms with Crippen LogP contribution in [-0.4, -0.2) is 17.4 Å². The largest absolute Gasteiger partial charge is 0.330 e. The maximum absolute atomic E-state index is 13.0. The van der Waals surface area contributed by atoms with E-state index in [-0.39, 0.29) is 18.1 Å². The van der Waals surface area contributed by atoms with Gasteiger partial charge in [0.15, 0.2) is 5.13 Å². The van der Waals surface area contributed by atoms with Crippen LogP contribution < -0.4 is 11.1 Å². The summed E-state index contributed by atoms with van der Waals surface area (Å²) < 4.78 is 13.0. The quantitative estimate of drug-likeness (QED) is 0.709. The Morgan fingerprint density at radius 2 is 1.76 bits per heavy atom. The lowest BCUT2D eigenvalue weighted by atomic mass is 10.1. The van der Waals surface area contributed by atoms with Crippen LogP contribution in [0.3, 0.4) is 0 Å². The first kappa shape index (κ1) is 17.3. The molecule has 0 bridgehead atoms. The van der Waals surface area contributed by atoms with Gasteiger partial charge in [0.1, 0.15) is 5.82 Å². The van der Waals surface area contributed by atoms with Crippen LogP contribution in [0.1, 0.15) is 11.1 Å². The summed E-state index contributed by atoms with van der Waals surface area (Å²) >= 11 is 1.36. The molecule has 0 saturated heterocycles. The van der Waals surface area contributed by atoms with Gasteiger partial charge in [-0.2, -0.15) is 0 Å². The van der Waals surface area contributed by atoms with Crippen LogP contribution in [0.15, 0.2) is 54.7 Å². The van der Waals surface area contributed by atoms with E-state index >= 15 is 0 Å². The number of hydrogen-bond donors (Lipinski definition) is 2. The molecule has 0 spiro atoms. The number of amides is 1. The van der Waals surface area contributed by atoms with E-state index in [4.69, 9.17) is 5.73 Å². The molecule has 0 aliphatic heterocycles. The van der Waals surface area contributed by atoms with Gasteiger partial charge in [0, 0.05) is 6.20 Å². The van der Waals surface area contributed by atoms with Gasteiger partial charge in [-0.15, -0.1) is 0 Å². The lowest BCUT2D eigenvalue weighted by Gasteiger charge is -2.04. The molecule has 0 aliphatic carbocycles. The molecule has 0 atom stereocenters. The average Bonchev–Trinajstić information content (AvgIpc) is 3.06. The predicted molar refractivity (Wildman–Crippen MR) is 99.0 cm³/mol. The first-order valence-corrected chi connectivity index (χ1v) is 8.75. The number of aromatic nitrogens is 1. The Kier molecular flexibility index (Phi) is 5.53. The van der Waals surface area contributed by atoms with Gasteiger partial charge >= 0.3 is 0 Å². The minimum atomic E-state index is -0.278. The average molecular weight is 355 g/mol. The van der Waals surface area contributed by atoms with Crippen molar-refractivity contribution in [3.63, 3.8) is 0 Å². The van der Waals surface area contributed by atoms with E-state index in [9.17, 15) is 9.18 Å². The highest BCUT2D eigenvalue weighted by Gasteiger charge is 2.09. The lowest BCUT2D eigenvalue weighted by molar-refractivity contribution is -0.115. The first-order chi connectivity index (χ1) is 12.1. The fraction of sp³-hybridized carbons (Fsp3) is 0.158. The summed E-state index contributed by atoms with van der Waals surface area (Å²) in [6.07, 6.45) is 2.79. The second kappa shape index (κ2) is 8.00. The maximum atomic E-state index is 13.0. The third-order valence-electron chi connectivity index (χ3n) is 3.70. The molecule has 2 aromatic carbocycles. The second-order valence-corrected chi connectivity index (χ2v) is 6.65. The number of thiazole rings is 1. The number of rotatable bonds is 6. The SMILES string of the molecule is NCCc1ccc(CC(=O)Nc2ncc(-c3ccc(F)cc3)s2)cc1. The lowest BCUT2D eigenvalue weighted by Crippen LogP contribution is -2.14. The Bertz CT molecular complexity index is 844. The molecule has 6 heteroatoms. The molecule has 0 radical (unpaired) electrons. The Labute approximate surface area is 149 Å². The van der Waals surface area contributed by atoms with Gasteiger partial charge in [-0.3, -0.25) is 4.79 Å². The second-order valence-electron chi connectivity index (χ2n) is 5.62. The summed E-state index contributed by atoms with van der Waals surface area (Å²) in [4.78, 5) is 17.3. The van der Waals surface area contributed by atoms with Crippen LogP contribution in [0.4, 0.5) is 9.52 Å². The van der Waals surface area contributed by atoms with Crippen molar-refractivity contribution in [2.45, 2.75) is 12.8 Å². The zero-order chi connectivity index (χ0) is 17.6. The van der Waals surface area contributed by atoms with Crippen molar-refractivity contribution in [1.82, 2.24) is 4.98 Å². The highest BCUT2D eigenvalue weighted by Crippen LogP contribution is 2.29. The number of carbonyl (C=O) groups is 1. The number of nitrogens with zero attached hydrogens (tertiary/aromatic N) is 1. The number of nitrogens with one attached hydrogen (secondary N) is 1. The predicted octanol–water partition coefficient (Wildman–Crippen LogP) is 3.63. The molecule has 3 rings (SSSR count). The van der Waals surface area contributed by atoms with Gasteiger partial charge in [0.05, 0.1) is 11.3 Å². The summed E-state index contributed by atoms with van der Waals surface area (Å²) in [6.45, 7) is 0.611. The molecule has 3 N–H and O–H groups in total. The molecule has 3 aromatic rings. The van der Waals surface area contributed by atoms with Crippen molar-refractivity contribution >= 4 is 22.4 Å². The van der Waals surface area contributed by atoms with Gasteiger partial charge < -0.3 is 11.1 Å². The number of nitrogens with two attached hydrogens (primary N) is 1. The standard InChI is InChI=1S/C19H18FN3OS/c20-16-7-5-15(6-8-16)17-12-22-19(25-17)23-18(24)11-14-3-1-13(2-4-14)9-10-21/h1-8,12H,9-11,21H2,(H,22,23,24). The van der Waals surface area contributed by atoms with E-state index in [1.807, 2.05) is 24.3 Å². The molecule has 0 fully saturated rings. The van der Waals surface area contributed by atoms with E-state index in [2.05, 4.69) is 10.3 Å². The molecule has 128 valence electrons. The fourth-order valence-corrected chi connectivity index (χ4v) is 3.26. The van der Waals surface area contributed by atoms with Gasteiger partial charge in [-0.25, -0.2) is 9.37 Å². The third kappa shape index (κ3) is 4.71. The highest BCUT2D eigenvalue weighted by atomic mass is 32.1. The van der Waals surface area contributed by atoms with E-state index < -0.39 is 0 Å². The van der Waals surface area contributed by atoms with Crippen molar-refractivity contribution < 1.29 is 9.18 Å². The van der Waals surface area contributed by atoms with Crippen molar-refractivity contribution in [2.75, 3.05) is 11.9 Å². The van der Waals surface area contributed by atoms with Crippen molar-refractivity contribution in [2.24, 2.45) is 5.73 Å².